The third kappa shape index (κ3) is 6.89. The van der Waals surface area contributed by atoms with Gasteiger partial charge in [-0.05, 0) is 55.3 Å². The van der Waals surface area contributed by atoms with Crippen LogP contribution in [0.4, 0.5) is 27.7 Å². The first-order valence-corrected chi connectivity index (χ1v) is 16.0. The van der Waals surface area contributed by atoms with Crippen molar-refractivity contribution in [1.29, 1.82) is 0 Å². The summed E-state index contributed by atoms with van der Waals surface area (Å²) in [6.07, 6.45) is 4.09. The second kappa shape index (κ2) is 12.3. The summed E-state index contributed by atoms with van der Waals surface area (Å²) in [5.74, 6) is 2.17. The molecule has 0 unspecified atom stereocenters. The van der Waals surface area contributed by atoms with E-state index < -0.39 is 21.6 Å². The number of rotatable bonds is 7. The molecule has 3 aromatic rings. The lowest BCUT2D eigenvalue weighted by atomic mass is 9.88. The van der Waals surface area contributed by atoms with Crippen LogP contribution in [-0.2, 0) is 14.6 Å². The van der Waals surface area contributed by atoms with E-state index in [1.807, 2.05) is 12.3 Å². The lowest BCUT2D eigenvalue weighted by Gasteiger charge is -2.48. The molecule has 228 valence electrons. The number of nitrogens with one attached hydrogen (secondary N) is 1. The van der Waals surface area contributed by atoms with Crippen molar-refractivity contribution < 1.29 is 27.8 Å². The van der Waals surface area contributed by atoms with E-state index in [0.717, 1.165) is 16.5 Å². The molecule has 13 heteroatoms. The molecule has 0 aliphatic carbocycles. The van der Waals surface area contributed by atoms with Crippen molar-refractivity contribution in [3.8, 4) is 0 Å². The van der Waals surface area contributed by atoms with E-state index in [1.54, 1.807) is 17.2 Å². The highest BCUT2D eigenvalue weighted by Crippen LogP contribution is 2.39. The number of pyridine rings is 1. The maximum atomic E-state index is 14.7. The van der Waals surface area contributed by atoms with E-state index in [2.05, 4.69) is 58.1 Å². The number of aromatic nitrogens is 3. The molecule has 4 heterocycles. The summed E-state index contributed by atoms with van der Waals surface area (Å²) in [6.45, 7) is 8.72. The number of alkyl halides is 1. The van der Waals surface area contributed by atoms with E-state index >= 15 is 0 Å². The fraction of sp³-hybridized carbons (Fsp3) is 0.517. The molecule has 11 nitrogen and oxygen atoms in total. The number of benzene rings is 1. The highest BCUT2D eigenvalue weighted by Gasteiger charge is 2.40. The van der Waals surface area contributed by atoms with E-state index in [0.29, 0.717) is 43.0 Å². The number of piperidine rings is 1. The average Bonchev–Trinajstić information content (AvgIpc) is 2.91. The highest BCUT2D eigenvalue weighted by molar-refractivity contribution is 7.90. The largest absolute Gasteiger partial charge is 0.483 e. The maximum Gasteiger partial charge on any atom is 0.290 e. The smallest absolute Gasteiger partial charge is 0.290 e. The van der Waals surface area contributed by atoms with Gasteiger partial charge < -0.3 is 25.3 Å². The van der Waals surface area contributed by atoms with Crippen LogP contribution in [0.25, 0.3) is 10.8 Å². The van der Waals surface area contributed by atoms with Gasteiger partial charge in [0.15, 0.2) is 5.67 Å². The molecule has 0 amide bonds. The number of anilines is 4. The minimum Gasteiger partial charge on any atom is -0.483 e. The Kier molecular flexibility index (Phi) is 9.21. The van der Waals surface area contributed by atoms with Gasteiger partial charge in [0.25, 0.3) is 6.47 Å². The SMILES string of the molecule is CC(C)c1ccc(N2C[C@H](CS(C)(=O)=O)[C@H]2C)c2cnc(Nc3ccnc(N4CC[C@@H](O)[C@@](C)(F)C4)n3)cc12.O=CO. The number of aliphatic hydroxyl groups excluding tert-OH is 1. The number of aliphatic hydroxyl groups is 1. The minimum absolute atomic E-state index is 0.0202. The molecular formula is C29H39FN6O5S. The monoisotopic (exact) mass is 602 g/mol. The van der Waals surface area contributed by atoms with Crippen molar-refractivity contribution >= 4 is 50.4 Å². The Morgan fingerprint density at radius 3 is 2.55 bits per heavy atom. The maximum absolute atomic E-state index is 14.7. The summed E-state index contributed by atoms with van der Waals surface area (Å²) in [6, 6.07) is 8.14. The van der Waals surface area contributed by atoms with Gasteiger partial charge in [-0.1, -0.05) is 19.9 Å². The average molecular weight is 603 g/mol. The third-order valence-electron chi connectivity index (χ3n) is 8.01. The number of hydrogen-bond donors (Lipinski definition) is 3. The van der Waals surface area contributed by atoms with Crippen LogP contribution in [0, 0.1) is 5.92 Å². The van der Waals surface area contributed by atoms with E-state index in [4.69, 9.17) is 9.90 Å². The Labute approximate surface area is 245 Å². The zero-order valence-electron chi connectivity index (χ0n) is 24.5. The Morgan fingerprint density at radius 2 is 1.93 bits per heavy atom. The number of sulfone groups is 1. The van der Waals surface area contributed by atoms with Crippen molar-refractivity contribution in [2.75, 3.05) is 46.8 Å². The minimum atomic E-state index is -3.03. The molecule has 2 aliphatic heterocycles. The molecule has 4 atom stereocenters. The van der Waals surface area contributed by atoms with Crippen LogP contribution in [0.3, 0.4) is 0 Å². The van der Waals surface area contributed by atoms with Gasteiger partial charge in [0.05, 0.1) is 18.4 Å². The van der Waals surface area contributed by atoms with Gasteiger partial charge in [-0.25, -0.2) is 22.8 Å². The second-order valence-corrected chi connectivity index (χ2v) is 13.9. The Bertz CT molecular complexity index is 1540. The van der Waals surface area contributed by atoms with Crippen LogP contribution in [-0.4, -0.2) is 89.5 Å². The molecule has 5 rings (SSSR count). The molecule has 1 aromatic carbocycles. The fourth-order valence-electron chi connectivity index (χ4n) is 5.66. The molecule has 0 radical (unpaired) electrons. The van der Waals surface area contributed by atoms with Crippen LogP contribution in [0.2, 0.25) is 0 Å². The number of carboxylic acid groups (broad SMARTS) is 1. The van der Waals surface area contributed by atoms with Gasteiger partial charge in [0.1, 0.15) is 21.5 Å². The number of hydrogen-bond acceptors (Lipinski definition) is 10. The summed E-state index contributed by atoms with van der Waals surface area (Å²) in [4.78, 5) is 26.0. The van der Waals surface area contributed by atoms with Crippen LogP contribution < -0.4 is 15.1 Å². The van der Waals surface area contributed by atoms with Crippen LogP contribution in [0.1, 0.15) is 45.6 Å². The van der Waals surface area contributed by atoms with Gasteiger partial charge in [-0.3, -0.25) is 4.79 Å². The van der Waals surface area contributed by atoms with Gasteiger partial charge in [0.2, 0.25) is 5.95 Å². The Hall–Kier alpha value is -3.58. The number of fused-ring (bicyclic) bond motifs is 1. The normalized spacial score (nSPS) is 24.1. The molecule has 3 N–H and O–H groups in total. The molecule has 2 saturated heterocycles. The first kappa shape index (κ1) is 31.4. The Balaban J connectivity index is 0.00000129. The summed E-state index contributed by atoms with van der Waals surface area (Å²) >= 11 is 0. The standard InChI is InChI=1S/C28H37FN6O3S.CH2O2/c1-17(2)20-6-7-23(35-14-19(18(35)3)15-39(5,37)38)22-13-31-26(12-21(20)22)32-25-8-10-30-27(33-25)34-11-9-24(36)28(4,29)16-34;2-1-3/h6-8,10,12-13,17-19,24,36H,9,11,14-16H2,1-5H3,(H,30,31,32,33);1H,(H,2,3)/t18-,19-,24-,28+;/m1./s1. The van der Waals surface area contributed by atoms with Crippen molar-refractivity contribution in [3.63, 3.8) is 0 Å². The van der Waals surface area contributed by atoms with Crippen LogP contribution in [0.15, 0.2) is 36.7 Å². The third-order valence-corrected chi connectivity index (χ3v) is 9.05. The predicted octanol–water partition coefficient (Wildman–Crippen LogP) is 3.76. The van der Waals surface area contributed by atoms with E-state index in [-0.39, 0.29) is 30.7 Å². The van der Waals surface area contributed by atoms with Gasteiger partial charge in [0, 0.05) is 54.8 Å². The van der Waals surface area contributed by atoms with Crippen molar-refractivity contribution in [1.82, 2.24) is 15.0 Å². The van der Waals surface area contributed by atoms with Crippen molar-refractivity contribution in [2.45, 2.75) is 57.8 Å². The van der Waals surface area contributed by atoms with Crippen molar-refractivity contribution in [2.24, 2.45) is 5.92 Å². The molecule has 0 spiro atoms. The first-order chi connectivity index (χ1) is 19.7. The predicted molar refractivity (Wildman–Crippen MR) is 162 cm³/mol. The second-order valence-electron chi connectivity index (χ2n) is 11.7. The first-order valence-electron chi connectivity index (χ1n) is 13.9. The number of carbonyl (C=O) groups is 1. The summed E-state index contributed by atoms with van der Waals surface area (Å²) in [5.41, 5.74) is 0.517. The molecule has 2 fully saturated rings. The van der Waals surface area contributed by atoms with Crippen LogP contribution in [0.5, 0.6) is 0 Å². The lowest BCUT2D eigenvalue weighted by molar-refractivity contribution is -0.122. The highest BCUT2D eigenvalue weighted by atomic mass is 32.2. The van der Waals surface area contributed by atoms with Crippen LogP contribution >= 0.6 is 0 Å². The summed E-state index contributed by atoms with van der Waals surface area (Å²) in [7, 11) is -3.03. The number of halogens is 1. The van der Waals surface area contributed by atoms with Gasteiger partial charge in [-0.15, -0.1) is 0 Å². The zero-order chi connectivity index (χ0) is 30.8. The quantitative estimate of drug-likeness (QED) is 0.339. The molecule has 42 heavy (non-hydrogen) atoms. The van der Waals surface area contributed by atoms with Gasteiger partial charge >= 0.3 is 0 Å². The van der Waals surface area contributed by atoms with Gasteiger partial charge in [-0.2, -0.15) is 4.98 Å². The fourth-order valence-corrected chi connectivity index (χ4v) is 6.83. The molecule has 0 bridgehead atoms. The van der Waals surface area contributed by atoms with E-state index in [1.165, 1.54) is 18.7 Å². The Morgan fingerprint density at radius 1 is 1.21 bits per heavy atom. The topological polar surface area (TPSA) is 149 Å². The molecule has 0 saturated carbocycles. The summed E-state index contributed by atoms with van der Waals surface area (Å²) < 4.78 is 38.4. The van der Waals surface area contributed by atoms with E-state index in [9.17, 15) is 17.9 Å². The lowest BCUT2D eigenvalue weighted by Crippen LogP contribution is -2.57. The molecule has 2 aromatic heterocycles. The van der Waals surface area contributed by atoms with Crippen molar-refractivity contribution in [3.05, 3.63) is 42.2 Å². The zero-order valence-corrected chi connectivity index (χ0v) is 25.3. The molecule has 2 aliphatic rings. The number of nitrogens with zero attached hydrogens (tertiary/aromatic N) is 5. The molecular weight excluding hydrogens is 563 g/mol. The summed E-state index contributed by atoms with van der Waals surface area (Å²) in [5, 5.41) is 22.2.